The normalized spacial score (nSPS) is 20.4. The summed E-state index contributed by atoms with van der Waals surface area (Å²) in [5.74, 6) is 0. The van der Waals surface area contributed by atoms with E-state index in [9.17, 15) is 0 Å². The van der Waals surface area contributed by atoms with Crippen molar-refractivity contribution in [3.8, 4) is 6.07 Å². The minimum absolute atomic E-state index is 0.154. The summed E-state index contributed by atoms with van der Waals surface area (Å²) in [5.41, 5.74) is 6.59. The second-order valence-electron chi connectivity index (χ2n) is 3.63. The number of hydrogen-bond acceptors (Lipinski definition) is 3. The molecule has 0 aromatic carbocycles. The van der Waals surface area contributed by atoms with Crippen LogP contribution in [0.15, 0.2) is 6.07 Å². The zero-order valence-corrected chi connectivity index (χ0v) is 9.00. The minimum Gasteiger partial charge on any atom is -0.396 e. The average Bonchev–Trinajstić information content (AvgIpc) is 2.82. The summed E-state index contributed by atoms with van der Waals surface area (Å²) >= 11 is 6.00. The van der Waals surface area contributed by atoms with Crippen molar-refractivity contribution in [2.24, 2.45) is 0 Å². The lowest BCUT2D eigenvalue weighted by Crippen LogP contribution is -2.16. The Labute approximate surface area is 93.2 Å². The van der Waals surface area contributed by atoms with Crippen molar-refractivity contribution < 1.29 is 4.74 Å². The number of rotatable bonds is 2. The van der Waals surface area contributed by atoms with Gasteiger partial charge in [-0.2, -0.15) is 5.26 Å². The molecule has 2 rings (SSSR count). The molecule has 2 N–H and O–H groups in total. The van der Waals surface area contributed by atoms with E-state index in [1.54, 1.807) is 10.6 Å². The van der Waals surface area contributed by atoms with E-state index in [0.29, 0.717) is 23.1 Å². The molecule has 1 atom stereocenters. The largest absolute Gasteiger partial charge is 0.396 e. The number of nitrogen functional groups attached to an aromatic ring is 1. The van der Waals surface area contributed by atoms with Gasteiger partial charge in [-0.15, -0.1) is 0 Å². The van der Waals surface area contributed by atoms with Gasteiger partial charge in [-0.3, -0.25) is 0 Å². The van der Waals surface area contributed by atoms with Crippen molar-refractivity contribution in [2.45, 2.75) is 25.5 Å². The maximum Gasteiger partial charge on any atom is 0.133 e. The van der Waals surface area contributed by atoms with E-state index in [4.69, 9.17) is 27.3 Å². The number of hydrogen-bond donors (Lipinski definition) is 1. The predicted octanol–water partition coefficient (Wildman–Crippen LogP) is 1.77. The van der Waals surface area contributed by atoms with Gasteiger partial charge in [0.1, 0.15) is 16.9 Å². The van der Waals surface area contributed by atoms with Crippen LogP contribution in [0.3, 0.4) is 0 Å². The lowest BCUT2D eigenvalue weighted by molar-refractivity contribution is 0.0970. The molecule has 1 aliphatic rings. The molecule has 1 fully saturated rings. The third-order valence-electron chi connectivity index (χ3n) is 2.58. The second-order valence-corrected chi connectivity index (χ2v) is 3.99. The van der Waals surface area contributed by atoms with Gasteiger partial charge in [-0.25, -0.2) is 0 Å². The standard InChI is InChI=1S/C10H12ClN3O/c11-10-9(13)4-7(5-12)14(10)6-8-2-1-3-15-8/h4,8H,1-3,6,13H2. The first-order chi connectivity index (χ1) is 7.22. The Morgan fingerprint density at radius 2 is 2.53 bits per heavy atom. The quantitative estimate of drug-likeness (QED) is 0.835. The summed E-state index contributed by atoms with van der Waals surface area (Å²) in [6, 6.07) is 3.67. The summed E-state index contributed by atoms with van der Waals surface area (Å²) in [4.78, 5) is 0. The third kappa shape index (κ3) is 1.94. The highest BCUT2D eigenvalue weighted by atomic mass is 35.5. The molecule has 1 aromatic rings. The molecule has 0 aliphatic carbocycles. The Morgan fingerprint density at radius 1 is 1.73 bits per heavy atom. The molecule has 4 nitrogen and oxygen atoms in total. The highest BCUT2D eigenvalue weighted by molar-refractivity contribution is 6.32. The van der Waals surface area contributed by atoms with E-state index in [0.717, 1.165) is 19.4 Å². The highest BCUT2D eigenvalue weighted by Gasteiger charge is 2.19. The number of nitrogens with zero attached hydrogens (tertiary/aromatic N) is 2. The Balaban J connectivity index is 2.22. The van der Waals surface area contributed by atoms with Crippen molar-refractivity contribution >= 4 is 17.3 Å². The predicted molar refractivity (Wildman–Crippen MR) is 57.5 cm³/mol. The lowest BCUT2D eigenvalue weighted by atomic mass is 10.2. The van der Waals surface area contributed by atoms with Gasteiger partial charge in [-0.05, 0) is 18.9 Å². The van der Waals surface area contributed by atoms with E-state index in [1.165, 1.54) is 0 Å². The van der Waals surface area contributed by atoms with Crippen LogP contribution < -0.4 is 5.73 Å². The Morgan fingerprint density at radius 3 is 3.13 bits per heavy atom. The summed E-state index contributed by atoms with van der Waals surface area (Å²) in [6.45, 7) is 1.40. The van der Waals surface area contributed by atoms with Crippen LogP contribution in [0.1, 0.15) is 18.5 Å². The van der Waals surface area contributed by atoms with E-state index in [1.807, 2.05) is 0 Å². The van der Waals surface area contributed by atoms with Crippen LogP contribution in [-0.4, -0.2) is 17.3 Å². The second kappa shape index (κ2) is 4.13. The zero-order chi connectivity index (χ0) is 10.8. The fraction of sp³-hybridized carbons (Fsp3) is 0.500. The number of anilines is 1. The van der Waals surface area contributed by atoms with Crippen LogP contribution in [0.2, 0.25) is 5.15 Å². The van der Waals surface area contributed by atoms with Crippen LogP contribution >= 0.6 is 11.6 Å². The molecule has 1 saturated heterocycles. The first-order valence-electron chi connectivity index (χ1n) is 4.88. The monoisotopic (exact) mass is 225 g/mol. The molecule has 0 saturated carbocycles. The number of nitriles is 1. The fourth-order valence-electron chi connectivity index (χ4n) is 1.81. The molecular formula is C10H12ClN3O. The number of halogens is 1. The lowest BCUT2D eigenvalue weighted by Gasteiger charge is -2.12. The summed E-state index contributed by atoms with van der Waals surface area (Å²) < 4.78 is 7.21. The van der Waals surface area contributed by atoms with Crippen molar-refractivity contribution in [2.75, 3.05) is 12.3 Å². The van der Waals surface area contributed by atoms with Crippen LogP contribution in [0.25, 0.3) is 0 Å². The molecule has 0 amide bonds. The molecule has 0 spiro atoms. The van der Waals surface area contributed by atoms with Crippen molar-refractivity contribution in [1.29, 1.82) is 5.26 Å². The average molecular weight is 226 g/mol. The van der Waals surface area contributed by atoms with Gasteiger partial charge in [-0.1, -0.05) is 11.6 Å². The Bertz CT molecular complexity index is 402. The van der Waals surface area contributed by atoms with Gasteiger partial charge in [0.05, 0.1) is 18.3 Å². The number of ether oxygens (including phenoxy) is 1. The molecule has 1 aromatic heterocycles. The Hall–Kier alpha value is -1.18. The van der Waals surface area contributed by atoms with E-state index in [2.05, 4.69) is 6.07 Å². The van der Waals surface area contributed by atoms with Gasteiger partial charge < -0.3 is 15.0 Å². The van der Waals surface area contributed by atoms with Crippen LogP contribution in [0.5, 0.6) is 0 Å². The molecule has 1 unspecified atom stereocenters. The van der Waals surface area contributed by atoms with Crippen molar-refractivity contribution in [3.05, 3.63) is 16.9 Å². The molecule has 0 radical (unpaired) electrons. The Kier molecular flexibility index (Phi) is 2.85. The van der Waals surface area contributed by atoms with Gasteiger partial charge in [0.2, 0.25) is 0 Å². The molecular weight excluding hydrogens is 214 g/mol. The van der Waals surface area contributed by atoms with Gasteiger partial charge >= 0.3 is 0 Å². The minimum atomic E-state index is 0.154. The molecule has 2 heterocycles. The van der Waals surface area contributed by atoms with Crippen LogP contribution in [0.4, 0.5) is 5.69 Å². The van der Waals surface area contributed by atoms with E-state index >= 15 is 0 Å². The number of aromatic nitrogens is 1. The van der Waals surface area contributed by atoms with E-state index in [-0.39, 0.29) is 6.10 Å². The van der Waals surface area contributed by atoms with E-state index < -0.39 is 0 Å². The SMILES string of the molecule is N#Cc1cc(N)c(Cl)n1CC1CCCO1. The molecule has 1 aliphatic heterocycles. The smallest absolute Gasteiger partial charge is 0.133 e. The fourth-order valence-corrected chi connectivity index (χ4v) is 2.02. The first-order valence-corrected chi connectivity index (χ1v) is 5.26. The van der Waals surface area contributed by atoms with Crippen molar-refractivity contribution in [1.82, 2.24) is 4.57 Å². The summed E-state index contributed by atoms with van der Waals surface area (Å²) in [5, 5.41) is 9.34. The highest BCUT2D eigenvalue weighted by Crippen LogP contribution is 2.25. The van der Waals surface area contributed by atoms with Gasteiger partial charge in [0.25, 0.3) is 0 Å². The zero-order valence-electron chi connectivity index (χ0n) is 8.24. The van der Waals surface area contributed by atoms with Crippen molar-refractivity contribution in [3.63, 3.8) is 0 Å². The number of nitrogens with two attached hydrogens (primary N) is 1. The third-order valence-corrected chi connectivity index (χ3v) is 3.01. The topological polar surface area (TPSA) is 64.0 Å². The molecule has 0 bridgehead atoms. The van der Waals surface area contributed by atoms with Gasteiger partial charge in [0, 0.05) is 6.61 Å². The molecule has 5 heteroatoms. The summed E-state index contributed by atoms with van der Waals surface area (Å²) in [7, 11) is 0. The molecule has 80 valence electrons. The summed E-state index contributed by atoms with van der Waals surface area (Å²) in [6.07, 6.45) is 2.24. The maximum absolute atomic E-state index is 8.90. The first kappa shape index (κ1) is 10.3. The van der Waals surface area contributed by atoms with Crippen LogP contribution in [0, 0.1) is 11.3 Å². The molecule has 15 heavy (non-hydrogen) atoms. The van der Waals surface area contributed by atoms with Crippen LogP contribution in [-0.2, 0) is 11.3 Å². The maximum atomic E-state index is 8.90. The van der Waals surface area contributed by atoms with Gasteiger partial charge in [0.15, 0.2) is 0 Å².